The van der Waals surface area contributed by atoms with Gasteiger partial charge in [0.2, 0.25) is 0 Å². The van der Waals surface area contributed by atoms with E-state index < -0.39 is 9.84 Å². The number of fused-ring (bicyclic) bond motifs is 1. The Morgan fingerprint density at radius 2 is 1.80 bits per heavy atom. The van der Waals surface area contributed by atoms with Crippen LogP contribution in [0.3, 0.4) is 0 Å². The highest BCUT2D eigenvalue weighted by atomic mass is 32.2. The summed E-state index contributed by atoms with van der Waals surface area (Å²) in [6, 6.07) is 15.9. The summed E-state index contributed by atoms with van der Waals surface area (Å²) in [5.41, 5.74) is 1.91. The van der Waals surface area contributed by atoms with E-state index >= 15 is 0 Å². The number of amides is 1. The van der Waals surface area contributed by atoms with Crippen molar-refractivity contribution in [3.05, 3.63) is 71.5 Å². The van der Waals surface area contributed by atoms with Crippen LogP contribution in [-0.2, 0) is 15.6 Å². The highest BCUT2D eigenvalue weighted by Crippen LogP contribution is 2.23. The SMILES string of the molecule is C[C@H](NC(=O)c1ccc(CS(C)(=O)=O)cc1)c1cc2ccccc2o1. The third-order valence-electron chi connectivity index (χ3n) is 3.86. The molecule has 0 bridgehead atoms. The van der Waals surface area contributed by atoms with E-state index in [1.165, 1.54) is 6.26 Å². The quantitative estimate of drug-likeness (QED) is 0.758. The molecule has 0 aliphatic rings. The fourth-order valence-corrected chi connectivity index (χ4v) is 3.42. The first-order chi connectivity index (χ1) is 11.8. The van der Waals surface area contributed by atoms with E-state index in [0.717, 1.165) is 11.0 Å². The number of sulfone groups is 1. The molecular formula is C19H19NO4S. The van der Waals surface area contributed by atoms with E-state index in [1.807, 2.05) is 37.3 Å². The summed E-state index contributed by atoms with van der Waals surface area (Å²) in [5.74, 6) is 0.409. The first kappa shape index (κ1) is 17.2. The number of hydrogen-bond acceptors (Lipinski definition) is 4. The van der Waals surface area contributed by atoms with Gasteiger partial charge in [-0.15, -0.1) is 0 Å². The zero-order valence-electron chi connectivity index (χ0n) is 14.0. The molecule has 0 radical (unpaired) electrons. The number of furan rings is 1. The molecule has 1 heterocycles. The summed E-state index contributed by atoms with van der Waals surface area (Å²) in [7, 11) is -3.09. The molecule has 6 heteroatoms. The van der Waals surface area contributed by atoms with Gasteiger partial charge in [0.25, 0.3) is 5.91 Å². The average molecular weight is 357 g/mol. The van der Waals surface area contributed by atoms with E-state index in [4.69, 9.17) is 4.42 Å². The minimum absolute atomic E-state index is 0.0374. The van der Waals surface area contributed by atoms with Crippen molar-refractivity contribution in [2.24, 2.45) is 0 Å². The number of hydrogen-bond donors (Lipinski definition) is 1. The minimum Gasteiger partial charge on any atom is -0.459 e. The molecule has 1 N–H and O–H groups in total. The Labute approximate surface area is 146 Å². The van der Waals surface area contributed by atoms with Crippen LogP contribution in [0.2, 0.25) is 0 Å². The lowest BCUT2D eigenvalue weighted by Crippen LogP contribution is -2.26. The van der Waals surface area contributed by atoms with Crippen molar-refractivity contribution in [3.8, 4) is 0 Å². The van der Waals surface area contributed by atoms with Crippen LogP contribution in [0.5, 0.6) is 0 Å². The van der Waals surface area contributed by atoms with Crippen LogP contribution in [0.4, 0.5) is 0 Å². The standard InChI is InChI=1S/C19H19NO4S/c1-13(18-11-16-5-3-4-6-17(16)24-18)20-19(21)15-9-7-14(8-10-15)12-25(2,22)23/h3-11,13H,12H2,1-2H3,(H,20,21)/t13-/m0/s1. The molecule has 1 atom stereocenters. The third-order valence-corrected chi connectivity index (χ3v) is 4.72. The average Bonchev–Trinajstić information content (AvgIpc) is 2.98. The Morgan fingerprint density at radius 3 is 2.44 bits per heavy atom. The molecule has 1 amide bonds. The zero-order valence-corrected chi connectivity index (χ0v) is 14.8. The lowest BCUT2D eigenvalue weighted by molar-refractivity contribution is 0.0935. The summed E-state index contributed by atoms with van der Waals surface area (Å²) in [6.07, 6.45) is 1.18. The van der Waals surface area contributed by atoms with Gasteiger partial charge in [0.1, 0.15) is 11.3 Å². The molecule has 25 heavy (non-hydrogen) atoms. The zero-order chi connectivity index (χ0) is 18.0. The molecular weight excluding hydrogens is 338 g/mol. The summed E-state index contributed by atoms with van der Waals surface area (Å²) in [5, 5.41) is 3.88. The van der Waals surface area contributed by atoms with Crippen molar-refractivity contribution in [1.82, 2.24) is 5.32 Å². The van der Waals surface area contributed by atoms with Crippen LogP contribution >= 0.6 is 0 Å². The van der Waals surface area contributed by atoms with Crippen molar-refractivity contribution in [2.75, 3.05) is 6.26 Å². The second-order valence-electron chi connectivity index (χ2n) is 6.15. The van der Waals surface area contributed by atoms with Crippen molar-refractivity contribution >= 4 is 26.7 Å². The van der Waals surface area contributed by atoms with Crippen LogP contribution in [0.1, 0.15) is 34.6 Å². The molecule has 0 aliphatic carbocycles. The number of carbonyl (C=O) groups excluding carboxylic acids is 1. The van der Waals surface area contributed by atoms with Gasteiger partial charge >= 0.3 is 0 Å². The molecule has 5 nitrogen and oxygen atoms in total. The van der Waals surface area contributed by atoms with Gasteiger partial charge < -0.3 is 9.73 Å². The van der Waals surface area contributed by atoms with Gasteiger partial charge in [-0.2, -0.15) is 0 Å². The summed E-state index contributed by atoms with van der Waals surface area (Å²) in [6.45, 7) is 1.85. The van der Waals surface area contributed by atoms with E-state index in [-0.39, 0.29) is 17.7 Å². The first-order valence-corrected chi connectivity index (χ1v) is 9.94. The third kappa shape index (κ3) is 4.28. The van der Waals surface area contributed by atoms with Crippen molar-refractivity contribution in [3.63, 3.8) is 0 Å². The van der Waals surface area contributed by atoms with Gasteiger partial charge in [-0.25, -0.2) is 8.42 Å². The number of para-hydroxylation sites is 1. The van der Waals surface area contributed by atoms with Gasteiger partial charge in [-0.05, 0) is 36.8 Å². The highest BCUT2D eigenvalue weighted by molar-refractivity contribution is 7.89. The lowest BCUT2D eigenvalue weighted by Gasteiger charge is -2.11. The maximum Gasteiger partial charge on any atom is 0.251 e. The topological polar surface area (TPSA) is 76.4 Å². The molecule has 0 saturated heterocycles. The van der Waals surface area contributed by atoms with Crippen molar-refractivity contribution in [2.45, 2.75) is 18.7 Å². The predicted octanol–water partition coefficient (Wildman–Crippen LogP) is 3.47. The van der Waals surface area contributed by atoms with Crippen molar-refractivity contribution in [1.29, 1.82) is 0 Å². The first-order valence-electron chi connectivity index (χ1n) is 7.88. The molecule has 130 valence electrons. The summed E-state index contributed by atoms with van der Waals surface area (Å²) < 4.78 is 28.4. The molecule has 3 rings (SSSR count). The van der Waals surface area contributed by atoms with E-state index in [9.17, 15) is 13.2 Å². The molecule has 3 aromatic rings. The van der Waals surface area contributed by atoms with Crippen LogP contribution in [0.25, 0.3) is 11.0 Å². The Balaban J connectivity index is 1.70. The maximum atomic E-state index is 12.4. The molecule has 0 saturated carbocycles. The number of rotatable bonds is 5. The Bertz CT molecular complexity index is 970. The normalized spacial score (nSPS) is 12.9. The van der Waals surface area contributed by atoms with E-state index in [2.05, 4.69) is 5.32 Å². The van der Waals surface area contributed by atoms with Crippen LogP contribution < -0.4 is 5.32 Å². The predicted molar refractivity (Wildman–Crippen MR) is 97.1 cm³/mol. The monoisotopic (exact) mass is 357 g/mol. The molecule has 0 aliphatic heterocycles. The maximum absolute atomic E-state index is 12.4. The van der Waals surface area contributed by atoms with Gasteiger partial charge in [0.15, 0.2) is 9.84 Å². The molecule has 0 unspecified atom stereocenters. The largest absolute Gasteiger partial charge is 0.459 e. The second kappa shape index (κ2) is 6.72. The Morgan fingerprint density at radius 1 is 1.12 bits per heavy atom. The van der Waals surface area contributed by atoms with Gasteiger partial charge in [-0.1, -0.05) is 30.3 Å². The van der Waals surface area contributed by atoms with Crippen LogP contribution in [0.15, 0.2) is 59.0 Å². The van der Waals surface area contributed by atoms with Gasteiger partial charge in [0.05, 0.1) is 11.8 Å². The number of carbonyl (C=O) groups is 1. The lowest BCUT2D eigenvalue weighted by atomic mass is 10.1. The van der Waals surface area contributed by atoms with E-state index in [1.54, 1.807) is 24.3 Å². The summed E-state index contributed by atoms with van der Waals surface area (Å²) >= 11 is 0. The molecule has 0 spiro atoms. The smallest absolute Gasteiger partial charge is 0.251 e. The number of benzene rings is 2. The second-order valence-corrected chi connectivity index (χ2v) is 8.29. The Kier molecular flexibility index (Phi) is 4.63. The molecule has 2 aromatic carbocycles. The number of nitrogens with one attached hydrogen (secondary N) is 1. The highest BCUT2D eigenvalue weighted by Gasteiger charge is 2.15. The Hall–Kier alpha value is -2.60. The fourth-order valence-electron chi connectivity index (χ4n) is 2.62. The van der Waals surface area contributed by atoms with Crippen LogP contribution in [0, 0.1) is 0 Å². The van der Waals surface area contributed by atoms with Crippen molar-refractivity contribution < 1.29 is 17.6 Å². The fraction of sp³-hybridized carbons (Fsp3) is 0.211. The van der Waals surface area contributed by atoms with E-state index in [0.29, 0.717) is 16.9 Å². The molecule has 1 aromatic heterocycles. The van der Waals surface area contributed by atoms with Crippen LogP contribution in [-0.4, -0.2) is 20.6 Å². The van der Waals surface area contributed by atoms with Gasteiger partial charge in [-0.3, -0.25) is 4.79 Å². The summed E-state index contributed by atoms with van der Waals surface area (Å²) in [4.78, 5) is 12.4. The minimum atomic E-state index is -3.09. The van der Waals surface area contributed by atoms with Gasteiger partial charge in [0, 0.05) is 17.2 Å². The molecule has 0 fully saturated rings.